The van der Waals surface area contributed by atoms with Crippen molar-refractivity contribution in [1.29, 1.82) is 0 Å². The molecule has 2 rings (SSSR count). The molecule has 1 N–H and O–H groups in total. The molecule has 0 aliphatic heterocycles. The second-order valence-corrected chi connectivity index (χ2v) is 8.63. The van der Waals surface area contributed by atoms with Crippen molar-refractivity contribution < 1.29 is 5.11 Å². The fourth-order valence-corrected chi connectivity index (χ4v) is 4.46. The molecule has 0 spiro atoms. The monoisotopic (exact) mass is 266 g/mol. The zero-order valence-corrected chi connectivity index (χ0v) is 13.7. The Bertz CT molecular complexity index is 291. The van der Waals surface area contributed by atoms with E-state index in [4.69, 9.17) is 0 Å². The van der Waals surface area contributed by atoms with Crippen LogP contribution in [0.4, 0.5) is 0 Å². The molecule has 112 valence electrons. The van der Waals surface area contributed by atoms with Gasteiger partial charge in [0, 0.05) is 0 Å². The molecule has 0 bridgehead atoms. The summed E-state index contributed by atoms with van der Waals surface area (Å²) in [6.07, 6.45) is 7.56. The van der Waals surface area contributed by atoms with E-state index in [1.165, 1.54) is 32.1 Å². The van der Waals surface area contributed by atoms with Crippen molar-refractivity contribution in [3.63, 3.8) is 0 Å². The topological polar surface area (TPSA) is 20.2 Å². The smallest absolute Gasteiger partial charge is 0.0571 e. The zero-order chi connectivity index (χ0) is 14.2. The van der Waals surface area contributed by atoms with E-state index in [9.17, 15) is 5.11 Å². The molecule has 2 fully saturated rings. The number of hydrogen-bond donors (Lipinski definition) is 1. The van der Waals surface area contributed by atoms with E-state index in [1.807, 2.05) is 0 Å². The molecule has 2 aliphatic rings. The Kier molecular flexibility index (Phi) is 4.65. The predicted octanol–water partition coefficient (Wildman–Crippen LogP) is 4.88. The van der Waals surface area contributed by atoms with Gasteiger partial charge in [-0.05, 0) is 67.1 Å². The van der Waals surface area contributed by atoms with Crippen LogP contribution in [0.1, 0.15) is 73.1 Å². The standard InChI is InChI=1S/C18H34O/c1-12-6-7-14(10-13(12)2)16-11-15(18(3,4)5)8-9-17(16)19/h12-17,19H,6-11H2,1-5H3. The number of aliphatic hydroxyl groups is 1. The van der Waals surface area contributed by atoms with Crippen LogP contribution in [-0.4, -0.2) is 11.2 Å². The molecular weight excluding hydrogens is 232 g/mol. The van der Waals surface area contributed by atoms with E-state index in [0.29, 0.717) is 11.3 Å². The maximum Gasteiger partial charge on any atom is 0.0571 e. The summed E-state index contributed by atoms with van der Waals surface area (Å²) < 4.78 is 0. The first-order valence-electron chi connectivity index (χ1n) is 8.47. The van der Waals surface area contributed by atoms with Crippen LogP contribution in [0.3, 0.4) is 0 Å². The van der Waals surface area contributed by atoms with Crippen LogP contribution in [0.15, 0.2) is 0 Å². The lowest BCUT2D eigenvalue weighted by Gasteiger charge is -2.45. The minimum atomic E-state index is -0.0239. The second kappa shape index (κ2) is 5.76. The molecule has 1 heteroatoms. The predicted molar refractivity (Wildman–Crippen MR) is 82.0 cm³/mol. The van der Waals surface area contributed by atoms with E-state index < -0.39 is 0 Å². The first-order valence-corrected chi connectivity index (χ1v) is 8.47. The molecule has 6 atom stereocenters. The third kappa shape index (κ3) is 3.54. The highest BCUT2D eigenvalue weighted by Crippen LogP contribution is 2.47. The van der Waals surface area contributed by atoms with Crippen molar-refractivity contribution in [2.75, 3.05) is 0 Å². The highest BCUT2D eigenvalue weighted by Gasteiger charge is 2.40. The highest BCUT2D eigenvalue weighted by atomic mass is 16.3. The molecule has 0 aromatic heterocycles. The van der Waals surface area contributed by atoms with Gasteiger partial charge in [-0.25, -0.2) is 0 Å². The van der Waals surface area contributed by atoms with Crippen molar-refractivity contribution in [3.05, 3.63) is 0 Å². The normalized spacial score (nSPS) is 45.2. The molecule has 0 saturated heterocycles. The van der Waals surface area contributed by atoms with Crippen LogP contribution in [-0.2, 0) is 0 Å². The molecule has 0 aromatic carbocycles. The molecule has 0 heterocycles. The molecule has 19 heavy (non-hydrogen) atoms. The summed E-state index contributed by atoms with van der Waals surface area (Å²) in [4.78, 5) is 0. The largest absolute Gasteiger partial charge is 0.393 e. The molecule has 6 unspecified atom stereocenters. The van der Waals surface area contributed by atoms with Gasteiger partial charge in [-0.1, -0.05) is 41.0 Å². The van der Waals surface area contributed by atoms with Crippen molar-refractivity contribution in [3.8, 4) is 0 Å². The fourth-order valence-electron chi connectivity index (χ4n) is 4.46. The highest BCUT2D eigenvalue weighted by molar-refractivity contribution is 4.90. The summed E-state index contributed by atoms with van der Waals surface area (Å²) in [6.45, 7) is 11.9. The first kappa shape index (κ1) is 15.4. The molecule has 2 aliphatic carbocycles. The van der Waals surface area contributed by atoms with E-state index >= 15 is 0 Å². The van der Waals surface area contributed by atoms with Crippen LogP contribution in [0.5, 0.6) is 0 Å². The maximum absolute atomic E-state index is 10.5. The molecular formula is C18H34O. The summed E-state index contributed by atoms with van der Waals surface area (Å²) in [6, 6.07) is 0. The van der Waals surface area contributed by atoms with Gasteiger partial charge in [0.25, 0.3) is 0 Å². The van der Waals surface area contributed by atoms with Crippen molar-refractivity contribution in [2.45, 2.75) is 79.2 Å². The molecule has 0 radical (unpaired) electrons. The van der Waals surface area contributed by atoms with Crippen LogP contribution in [0, 0.1) is 35.0 Å². The van der Waals surface area contributed by atoms with Gasteiger partial charge in [-0.15, -0.1) is 0 Å². The fraction of sp³-hybridized carbons (Fsp3) is 1.00. The Hall–Kier alpha value is -0.0400. The van der Waals surface area contributed by atoms with Gasteiger partial charge in [0.15, 0.2) is 0 Å². The summed E-state index contributed by atoms with van der Waals surface area (Å²) in [5.41, 5.74) is 0.409. The Morgan fingerprint density at radius 2 is 1.53 bits per heavy atom. The van der Waals surface area contributed by atoms with Gasteiger partial charge in [-0.3, -0.25) is 0 Å². The van der Waals surface area contributed by atoms with Crippen molar-refractivity contribution in [1.82, 2.24) is 0 Å². The number of hydrogen-bond acceptors (Lipinski definition) is 1. The Balaban J connectivity index is 2.01. The van der Waals surface area contributed by atoms with Crippen LogP contribution < -0.4 is 0 Å². The lowest BCUT2D eigenvalue weighted by molar-refractivity contribution is -0.0244. The van der Waals surface area contributed by atoms with Gasteiger partial charge in [0.1, 0.15) is 0 Å². The third-order valence-corrected chi connectivity index (χ3v) is 6.33. The lowest BCUT2D eigenvalue weighted by atomic mass is 9.61. The summed E-state index contributed by atoms with van der Waals surface area (Å²) in [7, 11) is 0. The van der Waals surface area contributed by atoms with Crippen LogP contribution >= 0.6 is 0 Å². The quantitative estimate of drug-likeness (QED) is 0.717. The van der Waals surface area contributed by atoms with Gasteiger partial charge >= 0.3 is 0 Å². The lowest BCUT2D eigenvalue weighted by Crippen LogP contribution is -2.40. The van der Waals surface area contributed by atoms with E-state index in [0.717, 1.165) is 30.1 Å². The third-order valence-electron chi connectivity index (χ3n) is 6.33. The Morgan fingerprint density at radius 1 is 0.842 bits per heavy atom. The minimum absolute atomic E-state index is 0.0239. The van der Waals surface area contributed by atoms with E-state index in [-0.39, 0.29) is 6.10 Å². The number of aliphatic hydroxyl groups excluding tert-OH is 1. The van der Waals surface area contributed by atoms with Crippen LogP contribution in [0.25, 0.3) is 0 Å². The second-order valence-electron chi connectivity index (χ2n) is 8.63. The van der Waals surface area contributed by atoms with Crippen LogP contribution in [0.2, 0.25) is 0 Å². The Labute approximate surface area is 120 Å². The van der Waals surface area contributed by atoms with Gasteiger partial charge in [0.05, 0.1) is 6.10 Å². The molecule has 0 aromatic rings. The van der Waals surface area contributed by atoms with E-state index in [2.05, 4.69) is 34.6 Å². The average molecular weight is 266 g/mol. The van der Waals surface area contributed by atoms with Gasteiger partial charge in [0.2, 0.25) is 0 Å². The average Bonchev–Trinajstić information content (AvgIpc) is 2.32. The molecule has 2 saturated carbocycles. The zero-order valence-electron chi connectivity index (χ0n) is 13.7. The maximum atomic E-state index is 10.5. The van der Waals surface area contributed by atoms with Gasteiger partial charge < -0.3 is 5.11 Å². The first-order chi connectivity index (χ1) is 8.79. The SMILES string of the molecule is CC1CCC(C2CC(C(C)(C)C)CCC2O)CC1C. The number of rotatable bonds is 1. The summed E-state index contributed by atoms with van der Waals surface area (Å²) in [5, 5.41) is 10.5. The van der Waals surface area contributed by atoms with Crippen molar-refractivity contribution in [2.24, 2.45) is 35.0 Å². The van der Waals surface area contributed by atoms with E-state index in [1.54, 1.807) is 0 Å². The Morgan fingerprint density at radius 3 is 2.11 bits per heavy atom. The van der Waals surface area contributed by atoms with Crippen molar-refractivity contribution >= 4 is 0 Å². The molecule has 0 amide bonds. The minimum Gasteiger partial charge on any atom is -0.393 e. The summed E-state index contributed by atoms with van der Waals surface area (Å²) >= 11 is 0. The summed E-state index contributed by atoms with van der Waals surface area (Å²) in [5.74, 6) is 3.89. The molecule has 1 nitrogen and oxygen atoms in total. The van der Waals surface area contributed by atoms with Gasteiger partial charge in [-0.2, -0.15) is 0 Å².